The maximum atomic E-state index is 10.5. The van der Waals surface area contributed by atoms with Crippen molar-refractivity contribution < 1.29 is 17.7 Å². The molecule has 0 heterocycles. The maximum Gasteiger partial charge on any atom is 0.264 e. The van der Waals surface area contributed by atoms with E-state index in [0.717, 1.165) is 11.3 Å². The van der Waals surface area contributed by atoms with E-state index in [1.54, 1.807) is 0 Å². The number of aryl methyl sites for hydroxylation is 1. The summed E-state index contributed by atoms with van der Waals surface area (Å²) >= 11 is 0. The molecule has 0 aliphatic carbocycles. The van der Waals surface area contributed by atoms with Gasteiger partial charge in [-0.25, -0.2) is 0 Å². The van der Waals surface area contributed by atoms with Gasteiger partial charge in [-0.05, 0) is 44.4 Å². The highest BCUT2D eigenvalue weighted by Crippen LogP contribution is 2.14. The molecule has 96 valence electrons. The molecule has 1 rings (SSSR count). The van der Waals surface area contributed by atoms with Crippen LogP contribution in [0.25, 0.3) is 0 Å². The normalized spacial score (nSPS) is 11.8. The van der Waals surface area contributed by atoms with Crippen molar-refractivity contribution in [3.63, 3.8) is 0 Å². The molecule has 5 heteroatoms. The third kappa shape index (κ3) is 6.28. The van der Waals surface area contributed by atoms with Crippen molar-refractivity contribution in [3.05, 3.63) is 29.8 Å². The molecule has 0 aromatic heterocycles. The van der Waals surface area contributed by atoms with Gasteiger partial charge in [0.05, 0.1) is 11.9 Å². The minimum atomic E-state index is -3.84. The lowest BCUT2D eigenvalue weighted by Crippen LogP contribution is -2.06. The lowest BCUT2D eigenvalue weighted by atomic mass is 10.1. The summed E-state index contributed by atoms with van der Waals surface area (Å²) in [5.41, 5.74) is 1.03. The first-order chi connectivity index (χ1) is 7.87. The summed E-state index contributed by atoms with van der Waals surface area (Å²) in [5.74, 6) is 0.607. The van der Waals surface area contributed by atoms with E-state index in [1.165, 1.54) is 0 Å². The molecular weight excluding hydrogens is 240 g/mol. The van der Waals surface area contributed by atoms with E-state index in [1.807, 2.05) is 38.1 Å². The van der Waals surface area contributed by atoms with Crippen LogP contribution in [0, 0.1) is 0 Å². The lowest BCUT2D eigenvalue weighted by molar-refractivity contribution is 0.242. The maximum absolute atomic E-state index is 10.5. The monoisotopic (exact) mass is 258 g/mol. The fourth-order valence-electron chi connectivity index (χ4n) is 1.47. The lowest BCUT2D eigenvalue weighted by Gasteiger charge is -2.09. The van der Waals surface area contributed by atoms with E-state index in [-0.39, 0.29) is 11.9 Å². The van der Waals surface area contributed by atoms with E-state index in [9.17, 15) is 8.42 Å². The van der Waals surface area contributed by atoms with Crippen LogP contribution in [0.3, 0.4) is 0 Å². The first-order valence-electron chi connectivity index (χ1n) is 5.57. The summed E-state index contributed by atoms with van der Waals surface area (Å²) in [7, 11) is -3.84. The molecule has 1 N–H and O–H groups in total. The van der Waals surface area contributed by atoms with Gasteiger partial charge in [-0.15, -0.1) is 0 Å². The largest absolute Gasteiger partial charge is 0.491 e. The SMILES string of the molecule is CC(C)Oc1ccc(CCCS(=O)(=O)O)cc1. The van der Waals surface area contributed by atoms with Crippen LogP contribution in [0.4, 0.5) is 0 Å². The van der Waals surface area contributed by atoms with Crippen molar-refractivity contribution in [2.75, 3.05) is 5.75 Å². The topological polar surface area (TPSA) is 63.6 Å². The molecule has 1 aromatic rings. The van der Waals surface area contributed by atoms with Crippen molar-refractivity contribution in [2.24, 2.45) is 0 Å². The number of rotatable bonds is 6. The molecule has 0 saturated heterocycles. The third-order valence-corrected chi connectivity index (χ3v) is 2.97. The highest BCUT2D eigenvalue weighted by Gasteiger charge is 2.04. The van der Waals surface area contributed by atoms with Crippen LogP contribution in [0.1, 0.15) is 25.8 Å². The van der Waals surface area contributed by atoms with Gasteiger partial charge >= 0.3 is 0 Å². The molecule has 0 bridgehead atoms. The van der Waals surface area contributed by atoms with Gasteiger partial charge in [0.15, 0.2) is 0 Å². The summed E-state index contributed by atoms with van der Waals surface area (Å²) < 4.78 is 35.1. The zero-order valence-corrected chi connectivity index (χ0v) is 10.9. The molecule has 0 aliphatic heterocycles. The summed E-state index contributed by atoms with van der Waals surface area (Å²) in [5, 5.41) is 0. The van der Waals surface area contributed by atoms with Gasteiger partial charge in [0.1, 0.15) is 5.75 Å². The predicted octanol–water partition coefficient (Wildman–Crippen LogP) is 2.29. The molecule has 17 heavy (non-hydrogen) atoms. The first-order valence-corrected chi connectivity index (χ1v) is 7.18. The van der Waals surface area contributed by atoms with Crippen LogP contribution in [0.5, 0.6) is 5.75 Å². The van der Waals surface area contributed by atoms with Gasteiger partial charge < -0.3 is 4.74 Å². The Bertz CT molecular complexity index is 434. The Hall–Kier alpha value is -1.07. The van der Waals surface area contributed by atoms with Gasteiger partial charge in [0.25, 0.3) is 10.1 Å². The molecule has 0 saturated carbocycles. The van der Waals surface area contributed by atoms with Crippen molar-refractivity contribution in [3.8, 4) is 5.75 Å². The number of benzene rings is 1. The zero-order chi connectivity index (χ0) is 12.9. The second-order valence-electron chi connectivity index (χ2n) is 4.20. The summed E-state index contributed by atoms with van der Waals surface area (Å²) in [4.78, 5) is 0. The molecular formula is C12H18O4S. The summed E-state index contributed by atoms with van der Waals surface area (Å²) in [6.45, 7) is 3.92. The predicted molar refractivity (Wildman–Crippen MR) is 66.9 cm³/mol. The highest BCUT2D eigenvalue weighted by atomic mass is 32.2. The second kappa shape index (κ2) is 6.02. The van der Waals surface area contributed by atoms with E-state index < -0.39 is 10.1 Å². The summed E-state index contributed by atoms with van der Waals surface area (Å²) in [6.07, 6.45) is 1.19. The van der Waals surface area contributed by atoms with E-state index in [0.29, 0.717) is 12.8 Å². The Balaban J connectivity index is 2.46. The Morgan fingerprint density at radius 2 is 1.82 bits per heavy atom. The van der Waals surface area contributed by atoms with Crippen LogP contribution < -0.4 is 4.74 Å². The van der Waals surface area contributed by atoms with Gasteiger partial charge in [-0.3, -0.25) is 4.55 Å². The van der Waals surface area contributed by atoms with Crippen LogP contribution in [-0.4, -0.2) is 24.8 Å². The minimum Gasteiger partial charge on any atom is -0.491 e. The first kappa shape index (κ1) is 14.0. The van der Waals surface area contributed by atoms with Gasteiger partial charge in [0, 0.05) is 0 Å². The van der Waals surface area contributed by atoms with E-state index in [2.05, 4.69) is 0 Å². The van der Waals surface area contributed by atoms with Gasteiger partial charge in [-0.2, -0.15) is 8.42 Å². The number of ether oxygens (including phenoxy) is 1. The molecule has 4 nitrogen and oxygen atoms in total. The van der Waals surface area contributed by atoms with E-state index in [4.69, 9.17) is 9.29 Å². The smallest absolute Gasteiger partial charge is 0.264 e. The van der Waals surface area contributed by atoms with Crippen molar-refractivity contribution in [2.45, 2.75) is 32.8 Å². The van der Waals surface area contributed by atoms with Crippen molar-refractivity contribution >= 4 is 10.1 Å². The number of hydrogen-bond donors (Lipinski definition) is 1. The number of hydrogen-bond acceptors (Lipinski definition) is 3. The van der Waals surface area contributed by atoms with Crippen LogP contribution in [-0.2, 0) is 16.5 Å². The zero-order valence-electron chi connectivity index (χ0n) is 10.1. The van der Waals surface area contributed by atoms with Crippen LogP contribution in [0.15, 0.2) is 24.3 Å². The molecule has 0 aliphatic rings. The quantitative estimate of drug-likeness (QED) is 0.795. The fourth-order valence-corrected chi connectivity index (χ4v) is 1.97. The van der Waals surface area contributed by atoms with Crippen LogP contribution in [0.2, 0.25) is 0 Å². The fraction of sp³-hybridized carbons (Fsp3) is 0.500. The Morgan fingerprint density at radius 3 is 2.29 bits per heavy atom. The Labute approximate surface area is 102 Å². The van der Waals surface area contributed by atoms with Crippen molar-refractivity contribution in [1.82, 2.24) is 0 Å². The van der Waals surface area contributed by atoms with Gasteiger partial charge in [-0.1, -0.05) is 12.1 Å². The van der Waals surface area contributed by atoms with Crippen LogP contribution >= 0.6 is 0 Å². The molecule has 0 unspecified atom stereocenters. The Morgan fingerprint density at radius 1 is 1.24 bits per heavy atom. The van der Waals surface area contributed by atoms with Crippen molar-refractivity contribution in [1.29, 1.82) is 0 Å². The highest BCUT2D eigenvalue weighted by molar-refractivity contribution is 7.85. The average molecular weight is 258 g/mol. The average Bonchev–Trinajstić information content (AvgIpc) is 2.18. The second-order valence-corrected chi connectivity index (χ2v) is 5.77. The molecule has 0 radical (unpaired) electrons. The molecule has 0 amide bonds. The molecule has 0 fully saturated rings. The van der Waals surface area contributed by atoms with Gasteiger partial charge in [0.2, 0.25) is 0 Å². The molecule has 1 aromatic carbocycles. The summed E-state index contributed by atoms with van der Waals surface area (Å²) in [6, 6.07) is 7.54. The third-order valence-electron chi connectivity index (χ3n) is 2.16. The molecule has 0 atom stereocenters. The standard InChI is InChI=1S/C12H18O4S/c1-10(2)16-12-7-5-11(6-8-12)4-3-9-17(13,14)15/h5-8,10H,3-4,9H2,1-2H3,(H,13,14,15). The molecule has 0 spiro atoms. The Kier molecular flexibility index (Phi) is 4.96. The van der Waals surface area contributed by atoms with E-state index >= 15 is 0 Å². The minimum absolute atomic E-state index is 0.139.